The van der Waals surface area contributed by atoms with E-state index in [1.165, 1.54) is 6.92 Å². The molecule has 1 aliphatic carbocycles. The summed E-state index contributed by atoms with van der Waals surface area (Å²) in [6.07, 6.45) is 1.04. The van der Waals surface area contributed by atoms with Crippen LogP contribution in [0, 0.1) is 10.8 Å². The van der Waals surface area contributed by atoms with Gasteiger partial charge in [0.15, 0.2) is 0 Å². The summed E-state index contributed by atoms with van der Waals surface area (Å²) in [7, 11) is 0. The van der Waals surface area contributed by atoms with E-state index in [2.05, 4.69) is 0 Å². The van der Waals surface area contributed by atoms with Crippen LogP contribution in [0.25, 0.3) is 0 Å². The monoisotopic (exact) mass is 208 g/mol. The summed E-state index contributed by atoms with van der Waals surface area (Å²) in [6, 6.07) is 0. The zero-order chi connectivity index (χ0) is 9.57. The second kappa shape index (κ2) is 4.10. The van der Waals surface area contributed by atoms with Crippen LogP contribution in [0.3, 0.4) is 0 Å². The number of carbonyl (C=O) groups excluding carboxylic acids is 2. The van der Waals surface area contributed by atoms with Crippen molar-refractivity contribution in [2.45, 2.75) is 33.6 Å². The molecule has 0 N–H and O–H groups in total. The van der Waals surface area contributed by atoms with Gasteiger partial charge in [-0.15, -0.1) is 0 Å². The molecule has 1 unspecified atom stereocenters. The molecular weight excluding hydrogens is 195 g/mol. The molecule has 3 nitrogen and oxygen atoms in total. The number of rotatable bonds is 1. The predicted molar refractivity (Wildman–Crippen MR) is 41.1 cm³/mol. The normalized spacial score (nSPS) is 31.2. The van der Waals surface area contributed by atoms with E-state index in [9.17, 15) is 14.7 Å². The van der Waals surface area contributed by atoms with Crippen LogP contribution in [-0.2, 0) is 9.59 Å². The Balaban J connectivity index is 0.00000144. The largest absolute Gasteiger partial charge is 1.00 e. The quantitative estimate of drug-likeness (QED) is 0.344. The van der Waals surface area contributed by atoms with Crippen molar-refractivity contribution in [2.24, 2.45) is 10.8 Å². The molecule has 13 heavy (non-hydrogen) atoms. The third-order valence-electron chi connectivity index (χ3n) is 2.82. The maximum Gasteiger partial charge on any atom is 1.00 e. The van der Waals surface area contributed by atoms with Crippen molar-refractivity contribution in [3.63, 3.8) is 0 Å². The molecule has 0 aromatic rings. The Morgan fingerprint density at radius 2 is 1.77 bits per heavy atom. The van der Waals surface area contributed by atoms with E-state index in [-0.39, 0.29) is 57.2 Å². The summed E-state index contributed by atoms with van der Waals surface area (Å²) in [6.45, 7) is 5.02. The van der Waals surface area contributed by atoms with Gasteiger partial charge in [0.1, 0.15) is 5.78 Å². The summed E-state index contributed by atoms with van der Waals surface area (Å²) in [5.74, 6) is -1.44. The number of Topliss-reactive ketones (excluding diaryl/α,β-unsaturated/α-hetero) is 1. The van der Waals surface area contributed by atoms with Crippen molar-refractivity contribution >= 4 is 11.8 Å². The summed E-state index contributed by atoms with van der Waals surface area (Å²) in [5.41, 5.74) is -1.74. The second-order valence-corrected chi connectivity index (χ2v) is 4.33. The van der Waals surface area contributed by atoms with Gasteiger partial charge < -0.3 is 9.90 Å². The van der Waals surface area contributed by atoms with Crippen LogP contribution in [0.2, 0.25) is 0 Å². The Morgan fingerprint density at radius 3 is 1.92 bits per heavy atom. The summed E-state index contributed by atoms with van der Waals surface area (Å²) in [4.78, 5) is 22.3. The first-order valence-corrected chi connectivity index (χ1v) is 4.07. The number of carboxylic acids is 1. The van der Waals surface area contributed by atoms with Gasteiger partial charge in [-0.25, -0.2) is 0 Å². The van der Waals surface area contributed by atoms with E-state index in [0.717, 1.165) is 0 Å². The molecule has 1 saturated carbocycles. The van der Waals surface area contributed by atoms with Crippen molar-refractivity contribution in [2.75, 3.05) is 0 Å². The van der Waals surface area contributed by atoms with Gasteiger partial charge in [0.05, 0.1) is 11.4 Å². The third kappa shape index (κ3) is 2.23. The van der Waals surface area contributed by atoms with E-state index < -0.39 is 16.8 Å². The molecule has 0 radical (unpaired) electrons. The minimum atomic E-state index is -1.25. The van der Waals surface area contributed by atoms with Gasteiger partial charge in [-0.1, -0.05) is 13.8 Å². The number of carboxylic acid groups (broad SMARTS) is 1. The van der Waals surface area contributed by atoms with Crippen LogP contribution in [-0.4, -0.2) is 11.8 Å². The van der Waals surface area contributed by atoms with E-state index in [1.54, 1.807) is 13.8 Å². The van der Waals surface area contributed by atoms with E-state index in [4.69, 9.17) is 0 Å². The van der Waals surface area contributed by atoms with Gasteiger partial charge >= 0.3 is 51.4 Å². The van der Waals surface area contributed by atoms with Crippen molar-refractivity contribution in [1.82, 2.24) is 0 Å². The number of ketones is 1. The third-order valence-corrected chi connectivity index (χ3v) is 2.82. The smallest absolute Gasteiger partial charge is 0.549 e. The standard InChI is InChI=1S/C9H14O3.K/c1-8(2)4-5-9(3,6(8)10)7(11)12;/h4-5H2,1-3H3,(H,11,12);/q;+1/p-1. The molecule has 0 amide bonds. The fraction of sp³-hybridized carbons (Fsp3) is 0.778. The van der Waals surface area contributed by atoms with Crippen LogP contribution in [0.4, 0.5) is 0 Å². The first kappa shape index (κ1) is 13.8. The fourth-order valence-corrected chi connectivity index (χ4v) is 1.73. The minimum absolute atomic E-state index is 0. The van der Waals surface area contributed by atoms with Gasteiger partial charge in [-0.05, 0) is 19.8 Å². The van der Waals surface area contributed by atoms with Gasteiger partial charge in [-0.2, -0.15) is 0 Å². The maximum absolute atomic E-state index is 11.6. The first-order valence-electron chi connectivity index (χ1n) is 4.07. The van der Waals surface area contributed by atoms with E-state index in [0.29, 0.717) is 12.8 Å². The maximum atomic E-state index is 11.6. The average molecular weight is 208 g/mol. The Bertz CT molecular complexity index is 247. The molecule has 1 rings (SSSR count). The van der Waals surface area contributed by atoms with Crippen LogP contribution < -0.4 is 56.5 Å². The van der Waals surface area contributed by atoms with Gasteiger partial charge in [-0.3, -0.25) is 4.79 Å². The van der Waals surface area contributed by atoms with E-state index >= 15 is 0 Å². The molecule has 1 aliphatic rings. The van der Waals surface area contributed by atoms with Gasteiger partial charge in [0.2, 0.25) is 0 Å². The average Bonchev–Trinajstić information content (AvgIpc) is 2.15. The molecule has 0 aliphatic heterocycles. The van der Waals surface area contributed by atoms with Crippen LogP contribution >= 0.6 is 0 Å². The molecular formula is C9H13KO3. The molecule has 0 heterocycles. The summed E-state index contributed by atoms with van der Waals surface area (Å²) < 4.78 is 0. The van der Waals surface area contributed by atoms with Crippen LogP contribution in [0.1, 0.15) is 33.6 Å². The molecule has 1 fully saturated rings. The number of hydrogen-bond acceptors (Lipinski definition) is 3. The molecule has 1 atom stereocenters. The molecule has 4 heteroatoms. The minimum Gasteiger partial charge on any atom is -0.549 e. The Hall–Kier alpha value is 0.776. The number of hydrogen-bond donors (Lipinski definition) is 0. The predicted octanol–water partition coefficient (Wildman–Crippen LogP) is -2.86. The molecule has 0 aromatic carbocycles. The SMILES string of the molecule is CC1(C)CCC(C)(C(=O)[O-])C1=O.[K+]. The summed E-state index contributed by atoms with van der Waals surface area (Å²) >= 11 is 0. The fourth-order valence-electron chi connectivity index (χ4n) is 1.73. The number of carbonyl (C=O) groups is 2. The molecule has 0 saturated heterocycles. The van der Waals surface area contributed by atoms with Crippen molar-refractivity contribution in [1.29, 1.82) is 0 Å². The van der Waals surface area contributed by atoms with Crippen LogP contribution in [0.5, 0.6) is 0 Å². The first-order chi connectivity index (χ1) is 5.31. The summed E-state index contributed by atoms with van der Waals surface area (Å²) in [5, 5.41) is 10.7. The Labute approximate surface area is 121 Å². The topological polar surface area (TPSA) is 57.2 Å². The van der Waals surface area contributed by atoms with E-state index in [1.807, 2.05) is 0 Å². The van der Waals surface area contributed by atoms with Crippen LogP contribution in [0.15, 0.2) is 0 Å². The van der Waals surface area contributed by atoms with Crippen molar-refractivity contribution < 1.29 is 66.1 Å². The van der Waals surface area contributed by atoms with Crippen molar-refractivity contribution in [3.8, 4) is 0 Å². The Morgan fingerprint density at radius 1 is 1.31 bits per heavy atom. The second-order valence-electron chi connectivity index (χ2n) is 4.33. The Kier molecular flexibility index (Phi) is 4.35. The van der Waals surface area contributed by atoms with Crippen molar-refractivity contribution in [3.05, 3.63) is 0 Å². The van der Waals surface area contributed by atoms with Gasteiger partial charge in [0.25, 0.3) is 0 Å². The molecule has 0 aromatic heterocycles. The molecule has 68 valence electrons. The zero-order valence-corrected chi connectivity index (χ0v) is 11.8. The zero-order valence-electron chi connectivity index (χ0n) is 8.64. The van der Waals surface area contributed by atoms with Gasteiger partial charge in [0, 0.05) is 5.41 Å². The molecule has 0 spiro atoms. The number of aliphatic carboxylic acids is 1. The molecule has 0 bridgehead atoms.